The van der Waals surface area contributed by atoms with Crippen LogP contribution in [0.15, 0.2) is 41.7 Å². The number of nitrogens with zero attached hydrogens (tertiary/aromatic N) is 2. The molecule has 0 spiro atoms. The molecular weight excluding hydrogens is 304 g/mol. The Balaban J connectivity index is 1.54. The summed E-state index contributed by atoms with van der Waals surface area (Å²) in [5.74, 6) is -0.192. The lowest BCUT2D eigenvalue weighted by Gasteiger charge is -1.99. The first-order chi connectivity index (χ1) is 10.7. The molecule has 3 N–H and O–H groups in total. The van der Waals surface area contributed by atoms with Gasteiger partial charge in [0.2, 0.25) is 0 Å². The molecule has 0 saturated carbocycles. The molecule has 0 fully saturated rings. The minimum atomic E-state index is -0.355. The maximum Gasteiger partial charge on any atom is 0.266 e. The summed E-state index contributed by atoms with van der Waals surface area (Å²) < 4.78 is 0.793. The first-order valence-corrected chi connectivity index (χ1v) is 7.20. The van der Waals surface area contributed by atoms with Crippen molar-refractivity contribution in [1.82, 2.24) is 9.97 Å². The largest absolute Gasteiger partial charge is 0.508 e. The van der Waals surface area contributed by atoms with Crippen molar-refractivity contribution >= 4 is 38.8 Å². The summed E-state index contributed by atoms with van der Waals surface area (Å²) in [5, 5.41) is 16.2. The number of anilines is 1. The van der Waals surface area contributed by atoms with Gasteiger partial charge in [0.05, 0.1) is 22.1 Å². The summed E-state index contributed by atoms with van der Waals surface area (Å²) in [6.45, 7) is -0.210. The molecule has 0 unspecified atom stereocenters. The van der Waals surface area contributed by atoms with Crippen LogP contribution in [0.2, 0.25) is 0 Å². The molecule has 22 heavy (non-hydrogen) atoms. The number of rotatable bonds is 5. The fourth-order valence-corrected chi connectivity index (χ4v) is 2.65. The van der Waals surface area contributed by atoms with Crippen LogP contribution in [0.25, 0.3) is 10.2 Å². The van der Waals surface area contributed by atoms with Crippen molar-refractivity contribution in [3.63, 3.8) is 0 Å². The van der Waals surface area contributed by atoms with Crippen molar-refractivity contribution in [1.29, 1.82) is 0 Å². The number of fused-ring (bicyclic) bond motifs is 1. The molecule has 3 rings (SSSR count). The van der Waals surface area contributed by atoms with E-state index >= 15 is 0 Å². The quantitative estimate of drug-likeness (QED) is 0.497. The van der Waals surface area contributed by atoms with Crippen LogP contribution in [0, 0.1) is 0 Å². The maximum atomic E-state index is 11.7. The predicted molar refractivity (Wildman–Crippen MR) is 84.3 cm³/mol. The van der Waals surface area contributed by atoms with Crippen molar-refractivity contribution in [3.05, 3.63) is 42.2 Å². The number of hydrogen-bond acceptors (Lipinski definition) is 6. The average molecular weight is 316 g/mol. The lowest BCUT2D eigenvalue weighted by atomic mass is 10.3. The van der Waals surface area contributed by atoms with E-state index in [-0.39, 0.29) is 18.3 Å². The van der Waals surface area contributed by atoms with Crippen LogP contribution >= 0.6 is 11.3 Å². The molecule has 0 aliphatic rings. The number of carbonyl (C=O) groups excluding carboxylic acids is 1. The van der Waals surface area contributed by atoms with Gasteiger partial charge in [-0.15, -0.1) is 0 Å². The van der Waals surface area contributed by atoms with Crippen LogP contribution in [0.4, 0.5) is 5.13 Å². The minimum Gasteiger partial charge on any atom is -0.508 e. The molecule has 2 heterocycles. The first-order valence-electron chi connectivity index (χ1n) is 6.39. The summed E-state index contributed by atoms with van der Waals surface area (Å²) >= 11 is 1.27. The third kappa shape index (κ3) is 3.41. The zero-order chi connectivity index (χ0) is 15.4. The van der Waals surface area contributed by atoms with Crippen LogP contribution in [-0.4, -0.2) is 33.8 Å². The maximum absolute atomic E-state index is 11.7. The number of nitrogens with one attached hydrogen (secondary N) is 2. The molecule has 0 radical (unpaired) electrons. The van der Waals surface area contributed by atoms with Gasteiger partial charge in [0.25, 0.3) is 5.91 Å². The van der Waals surface area contributed by atoms with E-state index in [0.29, 0.717) is 10.6 Å². The van der Waals surface area contributed by atoms with E-state index in [1.54, 1.807) is 24.4 Å². The second-order valence-corrected chi connectivity index (χ2v) is 5.38. The van der Waals surface area contributed by atoms with E-state index in [0.717, 1.165) is 10.4 Å². The van der Waals surface area contributed by atoms with E-state index in [9.17, 15) is 9.90 Å². The van der Waals surface area contributed by atoms with E-state index in [1.807, 2.05) is 12.1 Å². The molecule has 0 saturated heterocycles. The number of H-pyrrole nitrogens is 1. The van der Waals surface area contributed by atoms with Gasteiger partial charge >= 0.3 is 0 Å². The SMILES string of the molecule is O=C(CO/N=C/c1ccc[nH]1)Nc1nc2ccc(O)cc2s1. The Labute approximate surface area is 129 Å². The molecule has 0 atom stereocenters. The average Bonchev–Trinajstić information content (AvgIpc) is 3.12. The lowest BCUT2D eigenvalue weighted by molar-refractivity contribution is -0.120. The van der Waals surface area contributed by atoms with E-state index in [2.05, 4.69) is 20.4 Å². The van der Waals surface area contributed by atoms with Gasteiger partial charge in [-0.25, -0.2) is 4.98 Å². The molecule has 8 heteroatoms. The Bertz CT molecular complexity index is 811. The van der Waals surface area contributed by atoms with E-state index < -0.39 is 0 Å². The van der Waals surface area contributed by atoms with Gasteiger partial charge in [-0.05, 0) is 30.3 Å². The number of aromatic amines is 1. The van der Waals surface area contributed by atoms with Gasteiger partial charge in [-0.1, -0.05) is 16.5 Å². The highest BCUT2D eigenvalue weighted by atomic mass is 32.1. The van der Waals surface area contributed by atoms with Gasteiger partial charge in [0, 0.05) is 6.20 Å². The topological polar surface area (TPSA) is 99.6 Å². The third-order valence-electron chi connectivity index (χ3n) is 2.70. The summed E-state index contributed by atoms with van der Waals surface area (Å²) in [6, 6.07) is 8.49. The Hall–Kier alpha value is -2.87. The number of benzene rings is 1. The Morgan fingerprint density at radius 2 is 2.41 bits per heavy atom. The second-order valence-electron chi connectivity index (χ2n) is 4.35. The molecule has 7 nitrogen and oxygen atoms in total. The molecule has 0 aliphatic carbocycles. The smallest absolute Gasteiger partial charge is 0.266 e. The van der Waals surface area contributed by atoms with E-state index in [1.165, 1.54) is 17.6 Å². The van der Waals surface area contributed by atoms with Crippen LogP contribution in [-0.2, 0) is 9.63 Å². The zero-order valence-corrected chi connectivity index (χ0v) is 12.1. The second kappa shape index (κ2) is 6.27. The molecule has 112 valence electrons. The number of oxime groups is 1. The standard InChI is InChI=1S/C14H12N4O3S/c19-10-3-4-11-12(6-10)22-14(17-11)18-13(20)8-21-16-7-9-2-1-5-15-9/h1-7,15,19H,8H2,(H,17,18,20)/b16-7+. The van der Waals surface area contributed by atoms with E-state index in [4.69, 9.17) is 4.84 Å². The summed E-state index contributed by atoms with van der Waals surface area (Å²) in [6.07, 6.45) is 3.24. The summed E-state index contributed by atoms with van der Waals surface area (Å²) in [7, 11) is 0. The first kappa shape index (κ1) is 14.1. The molecule has 3 aromatic rings. The Kier molecular flexibility index (Phi) is 4.01. The van der Waals surface area contributed by atoms with Crippen molar-refractivity contribution in [2.45, 2.75) is 0 Å². The molecule has 2 aromatic heterocycles. The third-order valence-corrected chi connectivity index (χ3v) is 3.64. The van der Waals surface area contributed by atoms with Gasteiger partial charge < -0.3 is 14.9 Å². The molecule has 0 bridgehead atoms. The number of phenols is 1. The van der Waals surface area contributed by atoms with Gasteiger partial charge in [0.15, 0.2) is 11.7 Å². The zero-order valence-electron chi connectivity index (χ0n) is 11.3. The van der Waals surface area contributed by atoms with Crippen LogP contribution < -0.4 is 5.32 Å². The monoisotopic (exact) mass is 316 g/mol. The van der Waals surface area contributed by atoms with Crippen LogP contribution in [0.5, 0.6) is 5.75 Å². The van der Waals surface area contributed by atoms with Crippen molar-refractivity contribution in [2.75, 3.05) is 11.9 Å². The fraction of sp³-hybridized carbons (Fsp3) is 0.0714. The van der Waals surface area contributed by atoms with Gasteiger partial charge in [-0.3, -0.25) is 10.1 Å². The number of aromatic nitrogens is 2. The predicted octanol–water partition coefficient (Wildman–Crippen LogP) is 2.32. The Morgan fingerprint density at radius 3 is 3.23 bits per heavy atom. The summed E-state index contributed by atoms with van der Waals surface area (Å²) in [4.78, 5) is 23.8. The van der Waals surface area contributed by atoms with Crippen molar-refractivity contribution in [2.24, 2.45) is 5.16 Å². The van der Waals surface area contributed by atoms with Crippen LogP contribution in [0.3, 0.4) is 0 Å². The molecule has 1 amide bonds. The lowest BCUT2D eigenvalue weighted by Crippen LogP contribution is -2.16. The van der Waals surface area contributed by atoms with Crippen molar-refractivity contribution in [3.8, 4) is 5.75 Å². The highest BCUT2D eigenvalue weighted by Gasteiger charge is 2.08. The highest BCUT2D eigenvalue weighted by Crippen LogP contribution is 2.28. The summed E-state index contributed by atoms with van der Waals surface area (Å²) in [5.41, 5.74) is 1.50. The molecule has 1 aromatic carbocycles. The molecule has 0 aliphatic heterocycles. The highest BCUT2D eigenvalue weighted by molar-refractivity contribution is 7.22. The number of phenolic OH excluding ortho intramolecular Hbond substituents is 1. The Morgan fingerprint density at radius 1 is 1.50 bits per heavy atom. The number of aromatic hydroxyl groups is 1. The number of thiazole rings is 1. The fourth-order valence-electron chi connectivity index (χ4n) is 1.74. The van der Waals surface area contributed by atoms with Crippen LogP contribution in [0.1, 0.15) is 5.69 Å². The number of amides is 1. The number of hydrogen-bond donors (Lipinski definition) is 3. The van der Waals surface area contributed by atoms with Gasteiger partial charge in [0.1, 0.15) is 5.75 Å². The van der Waals surface area contributed by atoms with Crippen molar-refractivity contribution < 1.29 is 14.7 Å². The normalized spacial score (nSPS) is 11.1. The van der Waals surface area contributed by atoms with Gasteiger partial charge in [-0.2, -0.15) is 0 Å². The minimum absolute atomic E-state index is 0.163. The molecular formula is C14H12N4O3S. The number of carbonyl (C=O) groups is 1.